The quantitative estimate of drug-likeness (QED) is 0.742. The SMILES string of the molecule is COc1cc(O)cc2c1C=C(C=O)CO2. The number of aldehydes is 1. The Hall–Kier alpha value is -1.97. The first-order chi connectivity index (χ1) is 7.24. The van der Waals surface area contributed by atoms with Gasteiger partial charge in [-0.25, -0.2) is 0 Å². The van der Waals surface area contributed by atoms with Crippen LogP contribution in [0.2, 0.25) is 0 Å². The maximum atomic E-state index is 10.6. The molecule has 0 saturated carbocycles. The highest BCUT2D eigenvalue weighted by Crippen LogP contribution is 2.37. The first-order valence-electron chi connectivity index (χ1n) is 4.44. The summed E-state index contributed by atoms with van der Waals surface area (Å²) < 4.78 is 10.4. The summed E-state index contributed by atoms with van der Waals surface area (Å²) in [6.45, 7) is 0.225. The van der Waals surface area contributed by atoms with E-state index in [1.54, 1.807) is 6.08 Å². The van der Waals surface area contributed by atoms with Gasteiger partial charge >= 0.3 is 0 Å². The smallest absolute Gasteiger partial charge is 0.149 e. The Morgan fingerprint density at radius 3 is 3.00 bits per heavy atom. The largest absolute Gasteiger partial charge is 0.508 e. The van der Waals surface area contributed by atoms with E-state index < -0.39 is 0 Å². The first-order valence-corrected chi connectivity index (χ1v) is 4.44. The normalized spacial score (nSPS) is 13.5. The second kappa shape index (κ2) is 3.65. The van der Waals surface area contributed by atoms with Gasteiger partial charge in [0.05, 0.1) is 12.7 Å². The molecule has 1 aromatic rings. The van der Waals surface area contributed by atoms with Crippen molar-refractivity contribution in [1.29, 1.82) is 0 Å². The van der Waals surface area contributed by atoms with Crippen LogP contribution < -0.4 is 9.47 Å². The average Bonchev–Trinajstić information content (AvgIpc) is 2.27. The minimum Gasteiger partial charge on any atom is -0.508 e. The van der Waals surface area contributed by atoms with Crippen molar-refractivity contribution in [2.75, 3.05) is 13.7 Å². The van der Waals surface area contributed by atoms with Gasteiger partial charge in [-0.05, 0) is 6.08 Å². The molecule has 0 spiro atoms. The standard InChI is InChI=1S/C11H10O4/c1-14-10-3-8(13)4-11-9(10)2-7(5-12)6-15-11/h2-5,13H,6H2,1H3. The topological polar surface area (TPSA) is 55.8 Å². The van der Waals surface area contributed by atoms with E-state index in [1.807, 2.05) is 0 Å². The van der Waals surface area contributed by atoms with Crippen molar-refractivity contribution < 1.29 is 19.4 Å². The summed E-state index contributed by atoms with van der Waals surface area (Å²) in [4.78, 5) is 10.6. The zero-order valence-electron chi connectivity index (χ0n) is 8.19. The Labute approximate surface area is 86.7 Å². The minimum absolute atomic E-state index is 0.0774. The molecule has 0 aliphatic carbocycles. The lowest BCUT2D eigenvalue weighted by Crippen LogP contribution is -2.08. The molecule has 2 rings (SSSR count). The molecule has 4 nitrogen and oxygen atoms in total. The predicted octanol–water partition coefficient (Wildman–Crippen LogP) is 1.38. The highest BCUT2D eigenvalue weighted by molar-refractivity contribution is 5.86. The molecule has 15 heavy (non-hydrogen) atoms. The van der Waals surface area contributed by atoms with Crippen molar-refractivity contribution in [2.45, 2.75) is 0 Å². The van der Waals surface area contributed by atoms with Crippen LogP contribution in [0.4, 0.5) is 0 Å². The fourth-order valence-corrected chi connectivity index (χ4v) is 1.47. The minimum atomic E-state index is 0.0774. The van der Waals surface area contributed by atoms with E-state index in [4.69, 9.17) is 9.47 Å². The second-order valence-corrected chi connectivity index (χ2v) is 3.19. The molecule has 1 aliphatic rings. The van der Waals surface area contributed by atoms with E-state index >= 15 is 0 Å². The van der Waals surface area contributed by atoms with Gasteiger partial charge in [0, 0.05) is 17.7 Å². The number of fused-ring (bicyclic) bond motifs is 1. The van der Waals surface area contributed by atoms with Gasteiger partial charge in [-0.3, -0.25) is 4.79 Å². The second-order valence-electron chi connectivity index (χ2n) is 3.19. The molecular formula is C11H10O4. The third-order valence-corrected chi connectivity index (χ3v) is 2.18. The number of carbonyl (C=O) groups excluding carboxylic acids is 1. The van der Waals surface area contributed by atoms with Crippen LogP contribution in [0.25, 0.3) is 6.08 Å². The van der Waals surface area contributed by atoms with Gasteiger partial charge in [-0.2, -0.15) is 0 Å². The van der Waals surface area contributed by atoms with Crippen LogP contribution in [0.3, 0.4) is 0 Å². The van der Waals surface area contributed by atoms with Crippen LogP contribution in [0.15, 0.2) is 17.7 Å². The average molecular weight is 206 g/mol. The van der Waals surface area contributed by atoms with Gasteiger partial charge in [0.2, 0.25) is 0 Å². The van der Waals surface area contributed by atoms with Crippen molar-refractivity contribution >= 4 is 12.4 Å². The van der Waals surface area contributed by atoms with Crippen molar-refractivity contribution in [3.8, 4) is 17.2 Å². The van der Waals surface area contributed by atoms with Crippen LogP contribution in [-0.2, 0) is 4.79 Å². The molecule has 0 aromatic heterocycles. The zero-order chi connectivity index (χ0) is 10.8. The summed E-state index contributed by atoms with van der Waals surface area (Å²) in [6.07, 6.45) is 2.44. The Morgan fingerprint density at radius 2 is 2.33 bits per heavy atom. The van der Waals surface area contributed by atoms with E-state index in [2.05, 4.69) is 0 Å². The lowest BCUT2D eigenvalue weighted by molar-refractivity contribution is -0.105. The first kappa shape index (κ1) is 9.58. The number of rotatable bonds is 2. The van der Waals surface area contributed by atoms with Gasteiger partial charge < -0.3 is 14.6 Å². The summed E-state index contributed by atoms with van der Waals surface area (Å²) in [5, 5.41) is 9.37. The fourth-order valence-electron chi connectivity index (χ4n) is 1.47. The fraction of sp³-hybridized carbons (Fsp3) is 0.182. The van der Waals surface area contributed by atoms with E-state index in [0.717, 1.165) is 6.29 Å². The Balaban J connectivity index is 2.58. The molecule has 1 aliphatic heterocycles. The molecule has 0 bridgehead atoms. The van der Waals surface area contributed by atoms with Crippen LogP contribution in [0.5, 0.6) is 17.2 Å². The van der Waals surface area contributed by atoms with Crippen molar-refractivity contribution in [3.05, 3.63) is 23.3 Å². The summed E-state index contributed by atoms with van der Waals surface area (Å²) in [5.74, 6) is 1.09. The molecule has 0 amide bonds. The lowest BCUT2D eigenvalue weighted by Gasteiger charge is -2.17. The summed E-state index contributed by atoms with van der Waals surface area (Å²) in [6, 6.07) is 2.97. The molecule has 0 atom stereocenters. The highest BCUT2D eigenvalue weighted by Gasteiger charge is 2.16. The highest BCUT2D eigenvalue weighted by atomic mass is 16.5. The maximum absolute atomic E-state index is 10.6. The van der Waals surface area contributed by atoms with E-state index in [-0.39, 0.29) is 12.4 Å². The van der Waals surface area contributed by atoms with E-state index in [9.17, 15) is 9.90 Å². The number of phenols is 1. The van der Waals surface area contributed by atoms with Crippen molar-refractivity contribution in [1.82, 2.24) is 0 Å². The Morgan fingerprint density at radius 1 is 1.53 bits per heavy atom. The molecule has 0 unspecified atom stereocenters. The van der Waals surface area contributed by atoms with Gasteiger partial charge in [0.25, 0.3) is 0 Å². The summed E-state index contributed by atoms with van der Waals surface area (Å²) >= 11 is 0. The molecule has 0 radical (unpaired) electrons. The Bertz CT molecular complexity index is 434. The monoisotopic (exact) mass is 206 g/mol. The number of carbonyl (C=O) groups is 1. The third kappa shape index (κ3) is 1.66. The molecule has 1 N–H and O–H groups in total. The Kier molecular flexibility index (Phi) is 2.33. The number of methoxy groups -OCH3 is 1. The van der Waals surface area contributed by atoms with Crippen LogP contribution >= 0.6 is 0 Å². The third-order valence-electron chi connectivity index (χ3n) is 2.18. The van der Waals surface area contributed by atoms with E-state index in [0.29, 0.717) is 22.6 Å². The van der Waals surface area contributed by atoms with Crippen LogP contribution in [0, 0.1) is 0 Å². The molecule has 4 heteroatoms. The van der Waals surface area contributed by atoms with Crippen molar-refractivity contribution in [2.24, 2.45) is 0 Å². The number of hydrogen-bond acceptors (Lipinski definition) is 4. The zero-order valence-corrected chi connectivity index (χ0v) is 8.19. The molecule has 0 fully saturated rings. The predicted molar refractivity (Wildman–Crippen MR) is 54.2 cm³/mol. The number of hydrogen-bond donors (Lipinski definition) is 1. The summed E-state index contributed by atoms with van der Waals surface area (Å²) in [7, 11) is 1.50. The summed E-state index contributed by atoms with van der Waals surface area (Å²) in [5.41, 5.74) is 1.23. The molecule has 0 saturated heterocycles. The number of benzene rings is 1. The maximum Gasteiger partial charge on any atom is 0.149 e. The van der Waals surface area contributed by atoms with Gasteiger partial charge in [0.1, 0.15) is 30.1 Å². The van der Waals surface area contributed by atoms with Crippen LogP contribution in [0.1, 0.15) is 5.56 Å². The molecule has 78 valence electrons. The number of aromatic hydroxyl groups is 1. The van der Waals surface area contributed by atoms with E-state index in [1.165, 1.54) is 19.2 Å². The van der Waals surface area contributed by atoms with Crippen LogP contribution in [-0.4, -0.2) is 25.1 Å². The molecule has 1 aromatic carbocycles. The number of phenolic OH excluding ortho intramolecular Hbond substituents is 1. The van der Waals surface area contributed by atoms with Gasteiger partial charge in [-0.15, -0.1) is 0 Å². The number of ether oxygens (including phenoxy) is 2. The van der Waals surface area contributed by atoms with Gasteiger partial charge in [-0.1, -0.05) is 0 Å². The lowest BCUT2D eigenvalue weighted by atomic mass is 10.1. The molecule has 1 heterocycles. The van der Waals surface area contributed by atoms with Gasteiger partial charge in [0.15, 0.2) is 0 Å². The molecular weight excluding hydrogens is 196 g/mol. The van der Waals surface area contributed by atoms with Crippen molar-refractivity contribution in [3.63, 3.8) is 0 Å².